The number of thioether (sulfide) groups is 1. The first kappa shape index (κ1) is 16.0. The summed E-state index contributed by atoms with van der Waals surface area (Å²) in [6, 6.07) is 5.68. The first-order chi connectivity index (χ1) is 9.13. The lowest BCUT2D eigenvalue weighted by Crippen LogP contribution is -2.09. The Morgan fingerprint density at radius 3 is 2.95 bits per heavy atom. The van der Waals surface area contributed by atoms with Gasteiger partial charge in [0.15, 0.2) is 0 Å². The van der Waals surface area contributed by atoms with Gasteiger partial charge in [-0.1, -0.05) is 46.4 Å². The van der Waals surface area contributed by atoms with Gasteiger partial charge in [-0.05, 0) is 24.0 Å². The molecule has 0 amide bonds. The van der Waals surface area contributed by atoms with E-state index in [2.05, 4.69) is 27.5 Å². The third-order valence-corrected chi connectivity index (χ3v) is 3.29. The second-order valence-electron chi connectivity index (χ2n) is 3.73. The van der Waals surface area contributed by atoms with E-state index in [4.69, 9.17) is 4.74 Å². The molecule has 0 atom stereocenters. The predicted octanol–water partition coefficient (Wildman–Crippen LogP) is 3.71. The smallest absolute Gasteiger partial charge is 0.344 e. The van der Waals surface area contributed by atoms with Crippen molar-refractivity contribution in [1.29, 1.82) is 0 Å². The van der Waals surface area contributed by atoms with Crippen LogP contribution in [0.5, 0.6) is 0 Å². The molecule has 0 spiro atoms. The fourth-order valence-corrected chi connectivity index (χ4v) is 2.51. The van der Waals surface area contributed by atoms with Crippen molar-refractivity contribution in [3.05, 3.63) is 52.6 Å². The van der Waals surface area contributed by atoms with E-state index in [-0.39, 0.29) is 5.97 Å². The monoisotopic (exact) mass is 341 g/mol. The normalized spacial score (nSPS) is 11.2. The molecule has 0 radical (unpaired) electrons. The molecular weight excluding hydrogens is 326 g/mol. The number of aromatic nitrogens is 1. The highest BCUT2D eigenvalue weighted by Crippen LogP contribution is 2.24. The Morgan fingerprint density at radius 1 is 1.58 bits per heavy atom. The van der Waals surface area contributed by atoms with E-state index in [0.717, 1.165) is 10.6 Å². The lowest BCUT2D eigenvalue weighted by molar-refractivity contribution is -0.138. The maximum absolute atomic E-state index is 11.9. The van der Waals surface area contributed by atoms with Crippen molar-refractivity contribution < 1.29 is 9.53 Å². The largest absolute Gasteiger partial charge is 0.461 e. The van der Waals surface area contributed by atoms with Crippen molar-refractivity contribution in [3.63, 3.8) is 0 Å². The van der Waals surface area contributed by atoms with Gasteiger partial charge in [-0.25, -0.2) is 4.79 Å². The Balaban J connectivity index is 2.45. The number of allylic oxidation sites excluding steroid dienone is 2. The van der Waals surface area contributed by atoms with Crippen molar-refractivity contribution in [2.24, 2.45) is 0 Å². The Bertz CT molecular complexity index is 460. The van der Waals surface area contributed by atoms with Crippen LogP contribution in [0.15, 0.2) is 46.9 Å². The second kappa shape index (κ2) is 8.93. The van der Waals surface area contributed by atoms with Crippen LogP contribution in [-0.4, -0.2) is 22.9 Å². The molecule has 1 heterocycles. The highest BCUT2D eigenvalue weighted by Gasteiger charge is 2.11. The summed E-state index contributed by atoms with van der Waals surface area (Å²) < 4.78 is 5.23. The molecule has 0 aliphatic rings. The van der Waals surface area contributed by atoms with Gasteiger partial charge in [0.2, 0.25) is 0 Å². The zero-order valence-corrected chi connectivity index (χ0v) is 13.2. The number of carbonyl (C=O) groups excluding carboxylic acids is 1. The van der Waals surface area contributed by atoms with Gasteiger partial charge in [0.1, 0.15) is 0 Å². The van der Waals surface area contributed by atoms with Gasteiger partial charge in [0.05, 0.1) is 11.5 Å². The average Bonchev–Trinajstić information content (AvgIpc) is 2.39. The number of halogens is 1. The lowest BCUT2D eigenvalue weighted by atomic mass is 10.3. The summed E-state index contributed by atoms with van der Waals surface area (Å²) in [6.07, 6.45) is 4.12. The Kier molecular flexibility index (Phi) is 7.52. The number of ether oxygens (including phenoxy) is 1. The Hall–Kier alpha value is -1.07. The number of hydrogen-bond donors (Lipinski definition) is 0. The SMILES string of the molecule is C=C(C)S/C(=C\CBr)C(=O)OCCc1ccccn1. The number of rotatable bonds is 7. The molecule has 0 N–H and O–H groups in total. The molecule has 0 unspecified atom stereocenters. The third-order valence-electron chi connectivity index (χ3n) is 2.07. The molecule has 0 bridgehead atoms. The molecule has 0 aliphatic heterocycles. The van der Waals surface area contributed by atoms with Crippen molar-refractivity contribution in [2.75, 3.05) is 11.9 Å². The van der Waals surface area contributed by atoms with Gasteiger partial charge < -0.3 is 4.74 Å². The molecule has 0 aromatic carbocycles. The number of carbonyl (C=O) groups is 1. The Labute approximate surface area is 126 Å². The van der Waals surface area contributed by atoms with Gasteiger partial charge in [0, 0.05) is 23.6 Å². The van der Waals surface area contributed by atoms with Gasteiger partial charge in [-0.2, -0.15) is 0 Å². The first-order valence-electron chi connectivity index (χ1n) is 5.80. The zero-order chi connectivity index (χ0) is 14.1. The molecule has 3 nitrogen and oxygen atoms in total. The van der Waals surface area contributed by atoms with Crippen LogP contribution in [0.2, 0.25) is 0 Å². The molecule has 0 aliphatic carbocycles. The predicted molar refractivity (Wildman–Crippen MR) is 83.2 cm³/mol. The molecule has 102 valence electrons. The van der Waals surface area contributed by atoms with Gasteiger partial charge in [-0.3, -0.25) is 4.98 Å². The minimum Gasteiger partial charge on any atom is -0.461 e. The molecule has 19 heavy (non-hydrogen) atoms. The number of alkyl halides is 1. The quantitative estimate of drug-likeness (QED) is 0.430. The summed E-state index contributed by atoms with van der Waals surface area (Å²) in [6.45, 7) is 5.96. The van der Waals surface area contributed by atoms with Gasteiger partial charge >= 0.3 is 5.97 Å². The van der Waals surface area contributed by atoms with Crippen LogP contribution in [-0.2, 0) is 16.0 Å². The molecule has 1 aromatic heterocycles. The van der Waals surface area contributed by atoms with E-state index >= 15 is 0 Å². The number of esters is 1. The molecule has 0 fully saturated rings. The summed E-state index contributed by atoms with van der Waals surface area (Å²) in [4.78, 5) is 17.5. The van der Waals surface area contributed by atoms with Crippen molar-refractivity contribution in [1.82, 2.24) is 4.98 Å². The zero-order valence-electron chi connectivity index (χ0n) is 10.8. The van der Waals surface area contributed by atoms with Crippen LogP contribution >= 0.6 is 27.7 Å². The summed E-state index contributed by atoms with van der Waals surface area (Å²) in [5, 5.41) is 0.609. The molecule has 5 heteroatoms. The van der Waals surface area contributed by atoms with Crippen molar-refractivity contribution in [3.8, 4) is 0 Å². The standard InChI is InChI=1S/C14H16BrNO2S/c1-11(2)19-13(6-8-15)14(17)18-10-7-12-5-3-4-9-16-12/h3-6,9H,1,7-8,10H2,2H3/b13-6-. The minimum atomic E-state index is -0.316. The average molecular weight is 342 g/mol. The summed E-state index contributed by atoms with van der Waals surface area (Å²) >= 11 is 4.60. The minimum absolute atomic E-state index is 0.316. The molecule has 0 saturated heterocycles. The van der Waals surface area contributed by atoms with E-state index in [9.17, 15) is 4.79 Å². The summed E-state index contributed by atoms with van der Waals surface area (Å²) in [7, 11) is 0. The fourth-order valence-electron chi connectivity index (χ4n) is 1.29. The van der Waals surface area contributed by atoms with Crippen molar-refractivity contribution in [2.45, 2.75) is 13.3 Å². The molecule has 1 rings (SSSR count). The highest BCUT2D eigenvalue weighted by atomic mass is 79.9. The summed E-state index contributed by atoms with van der Waals surface area (Å²) in [5.41, 5.74) is 0.911. The van der Waals surface area contributed by atoms with Crippen LogP contribution < -0.4 is 0 Å². The van der Waals surface area contributed by atoms with Gasteiger partial charge in [-0.15, -0.1) is 0 Å². The Morgan fingerprint density at radius 2 is 2.37 bits per heavy atom. The molecule has 0 saturated carbocycles. The van der Waals surface area contributed by atoms with Crippen LogP contribution in [0, 0.1) is 0 Å². The number of pyridine rings is 1. The summed E-state index contributed by atoms with van der Waals surface area (Å²) in [5.74, 6) is -0.316. The topological polar surface area (TPSA) is 39.2 Å². The fraction of sp³-hybridized carbons (Fsp3) is 0.286. The van der Waals surface area contributed by atoms with Crippen LogP contribution in [0.4, 0.5) is 0 Å². The van der Waals surface area contributed by atoms with E-state index in [1.165, 1.54) is 11.8 Å². The van der Waals surface area contributed by atoms with E-state index in [1.807, 2.05) is 25.1 Å². The van der Waals surface area contributed by atoms with E-state index < -0.39 is 0 Å². The van der Waals surface area contributed by atoms with E-state index in [0.29, 0.717) is 23.3 Å². The molecule has 1 aromatic rings. The maximum atomic E-state index is 11.9. The highest BCUT2D eigenvalue weighted by molar-refractivity contribution is 9.09. The second-order valence-corrected chi connectivity index (χ2v) is 5.72. The van der Waals surface area contributed by atoms with Gasteiger partial charge in [0.25, 0.3) is 0 Å². The number of nitrogens with zero attached hydrogens (tertiary/aromatic N) is 1. The van der Waals surface area contributed by atoms with Crippen molar-refractivity contribution >= 4 is 33.7 Å². The first-order valence-corrected chi connectivity index (χ1v) is 7.73. The van der Waals surface area contributed by atoms with E-state index in [1.54, 1.807) is 12.3 Å². The van der Waals surface area contributed by atoms with Crippen LogP contribution in [0.1, 0.15) is 12.6 Å². The molecular formula is C14H16BrNO2S. The number of hydrogen-bond acceptors (Lipinski definition) is 4. The maximum Gasteiger partial charge on any atom is 0.344 e. The lowest BCUT2D eigenvalue weighted by Gasteiger charge is -2.07. The van der Waals surface area contributed by atoms with Crippen LogP contribution in [0.25, 0.3) is 0 Å². The van der Waals surface area contributed by atoms with Crippen LogP contribution in [0.3, 0.4) is 0 Å². The third kappa shape index (κ3) is 6.59.